The van der Waals surface area contributed by atoms with Crippen LogP contribution in [0.3, 0.4) is 0 Å². The second-order valence-electron chi connectivity index (χ2n) is 4.06. The minimum absolute atomic E-state index is 0.227. The topological polar surface area (TPSA) is 48.1 Å². The van der Waals surface area contributed by atoms with Crippen LogP contribution in [-0.2, 0) is 13.0 Å². The molecule has 5 heteroatoms. The lowest BCUT2D eigenvalue weighted by Gasteiger charge is -2.08. The third-order valence-electron chi connectivity index (χ3n) is 2.59. The smallest absolute Gasteiger partial charge is 0.165 e. The molecule has 2 aromatic rings. The van der Waals surface area contributed by atoms with Crippen molar-refractivity contribution in [3.05, 3.63) is 58.1 Å². The zero-order valence-electron chi connectivity index (χ0n) is 10.3. The third kappa shape index (κ3) is 4.01. The lowest BCUT2D eigenvalue weighted by Crippen LogP contribution is -2.04. The normalized spacial score (nSPS) is 10.5. The van der Waals surface area contributed by atoms with Crippen molar-refractivity contribution in [2.24, 2.45) is 5.73 Å². The number of halogens is 2. The lowest BCUT2D eigenvalue weighted by atomic mass is 10.1. The Bertz CT molecular complexity index is 546. The number of pyridine rings is 1. The number of hydrogen-bond acceptors (Lipinski definition) is 3. The molecule has 2 N–H and O–H groups in total. The number of hydrogen-bond donors (Lipinski definition) is 1. The van der Waals surface area contributed by atoms with Crippen molar-refractivity contribution >= 4 is 15.9 Å². The molecule has 0 atom stereocenters. The maximum Gasteiger partial charge on any atom is 0.165 e. The molecule has 0 spiro atoms. The van der Waals surface area contributed by atoms with Crippen LogP contribution in [0.2, 0.25) is 0 Å². The lowest BCUT2D eigenvalue weighted by molar-refractivity contribution is 0.286. The Morgan fingerprint density at radius 3 is 2.74 bits per heavy atom. The Kier molecular flexibility index (Phi) is 4.87. The average molecular weight is 325 g/mol. The van der Waals surface area contributed by atoms with Gasteiger partial charge in [0.05, 0.1) is 5.69 Å². The van der Waals surface area contributed by atoms with Crippen molar-refractivity contribution in [3.63, 3.8) is 0 Å². The van der Waals surface area contributed by atoms with Gasteiger partial charge in [-0.1, -0.05) is 6.07 Å². The van der Waals surface area contributed by atoms with Crippen LogP contribution < -0.4 is 10.5 Å². The van der Waals surface area contributed by atoms with Gasteiger partial charge in [-0.2, -0.15) is 0 Å². The molecule has 0 aliphatic heterocycles. The van der Waals surface area contributed by atoms with Gasteiger partial charge in [-0.3, -0.25) is 4.98 Å². The molecule has 0 aliphatic carbocycles. The highest BCUT2D eigenvalue weighted by atomic mass is 79.9. The number of rotatable bonds is 5. The Hall–Kier alpha value is -1.46. The summed E-state index contributed by atoms with van der Waals surface area (Å²) in [5.74, 6) is -0.145. The number of ether oxygens (including phenoxy) is 1. The molecule has 0 unspecified atom stereocenters. The Morgan fingerprint density at radius 1 is 1.26 bits per heavy atom. The highest BCUT2D eigenvalue weighted by molar-refractivity contribution is 9.10. The van der Waals surface area contributed by atoms with Crippen LogP contribution in [0.1, 0.15) is 11.3 Å². The van der Waals surface area contributed by atoms with Crippen LogP contribution in [0.4, 0.5) is 4.39 Å². The first-order chi connectivity index (χ1) is 9.19. The van der Waals surface area contributed by atoms with Gasteiger partial charge < -0.3 is 10.5 Å². The largest absolute Gasteiger partial charge is 0.484 e. The van der Waals surface area contributed by atoms with Crippen molar-refractivity contribution < 1.29 is 9.13 Å². The van der Waals surface area contributed by atoms with Gasteiger partial charge in [0, 0.05) is 10.7 Å². The molecule has 1 aromatic carbocycles. The third-order valence-corrected chi connectivity index (χ3v) is 3.06. The van der Waals surface area contributed by atoms with E-state index in [4.69, 9.17) is 10.5 Å². The zero-order chi connectivity index (χ0) is 13.7. The molecular formula is C14H14BrFN2O. The summed E-state index contributed by atoms with van der Waals surface area (Å²) in [6.07, 6.45) is 2.34. The first-order valence-electron chi connectivity index (χ1n) is 5.91. The van der Waals surface area contributed by atoms with E-state index in [1.165, 1.54) is 6.07 Å². The van der Waals surface area contributed by atoms with Crippen LogP contribution in [0.25, 0.3) is 0 Å². The van der Waals surface area contributed by atoms with Gasteiger partial charge >= 0.3 is 0 Å². The molecule has 0 amide bonds. The van der Waals surface area contributed by atoms with Crippen molar-refractivity contribution in [3.8, 4) is 5.75 Å². The van der Waals surface area contributed by atoms with Gasteiger partial charge in [0.2, 0.25) is 0 Å². The molecule has 0 radical (unpaired) electrons. The fourth-order valence-corrected chi connectivity index (χ4v) is 1.86. The van der Waals surface area contributed by atoms with E-state index in [0.717, 1.165) is 15.7 Å². The summed E-state index contributed by atoms with van der Waals surface area (Å²) in [5, 5.41) is 0. The van der Waals surface area contributed by atoms with Crippen LogP contribution >= 0.6 is 15.9 Å². The van der Waals surface area contributed by atoms with E-state index in [-0.39, 0.29) is 18.2 Å². The summed E-state index contributed by atoms with van der Waals surface area (Å²) in [6.45, 7) is 0.739. The van der Waals surface area contributed by atoms with Gasteiger partial charge in [-0.15, -0.1) is 0 Å². The summed E-state index contributed by atoms with van der Waals surface area (Å²) >= 11 is 3.30. The molecule has 2 rings (SSSR count). The maximum atomic E-state index is 13.7. The molecular weight excluding hydrogens is 311 g/mol. The van der Waals surface area contributed by atoms with Crippen LogP contribution in [-0.4, -0.2) is 11.5 Å². The van der Waals surface area contributed by atoms with Gasteiger partial charge in [0.25, 0.3) is 0 Å². The molecule has 100 valence electrons. The maximum absolute atomic E-state index is 13.7. The molecule has 1 aromatic heterocycles. The first kappa shape index (κ1) is 14.0. The molecule has 0 saturated heterocycles. The molecule has 1 heterocycles. The summed E-state index contributed by atoms with van der Waals surface area (Å²) < 4.78 is 20.1. The van der Waals surface area contributed by atoms with Crippen molar-refractivity contribution in [1.29, 1.82) is 0 Å². The monoisotopic (exact) mass is 324 g/mol. The van der Waals surface area contributed by atoms with Crippen molar-refractivity contribution in [2.75, 3.05) is 6.54 Å². The number of nitrogens with zero attached hydrogens (tertiary/aromatic N) is 1. The fraction of sp³-hybridized carbons (Fsp3) is 0.214. The highest BCUT2D eigenvalue weighted by Crippen LogP contribution is 2.19. The SMILES string of the molecule is NCCc1ccc(OCc2ccc(Br)cn2)c(F)c1. The molecule has 0 fully saturated rings. The number of aromatic nitrogens is 1. The molecule has 0 aliphatic rings. The second-order valence-corrected chi connectivity index (χ2v) is 4.98. The zero-order valence-corrected chi connectivity index (χ0v) is 11.9. The van der Waals surface area contributed by atoms with Gasteiger partial charge in [-0.25, -0.2) is 4.39 Å². The number of nitrogens with two attached hydrogens (primary N) is 1. The predicted molar refractivity (Wildman–Crippen MR) is 75.4 cm³/mol. The van der Waals surface area contributed by atoms with E-state index in [2.05, 4.69) is 20.9 Å². The minimum Gasteiger partial charge on any atom is -0.484 e. The van der Waals surface area contributed by atoms with E-state index < -0.39 is 0 Å². The Morgan fingerprint density at radius 2 is 2.11 bits per heavy atom. The van der Waals surface area contributed by atoms with Crippen LogP contribution in [0.5, 0.6) is 5.75 Å². The Balaban J connectivity index is 2.01. The van der Waals surface area contributed by atoms with Crippen LogP contribution in [0, 0.1) is 5.82 Å². The van der Waals surface area contributed by atoms with Crippen molar-refractivity contribution in [2.45, 2.75) is 13.0 Å². The molecule has 0 bridgehead atoms. The summed E-state index contributed by atoms with van der Waals surface area (Å²) in [4.78, 5) is 4.16. The average Bonchev–Trinajstić information content (AvgIpc) is 2.40. The molecule has 3 nitrogen and oxygen atoms in total. The van der Waals surface area contributed by atoms with Gasteiger partial charge in [-0.05, 0) is 58.7 Å². The van der Waals surface area contributed by atoms with E-state index in [9.17, 15) is 4.39 Å². The van der Waals surface area contributed by atoms with Crippen molar-refractivity contribution in [1.82, 2.24) is 4.98 Å². The minimum atomic E-state index is -0.372. The standard InChI is InChI=1S/C14H14BrFN2O/c15-11-2-3-12(18-8-11)9-19-14-4-1-10(5-6-17)7-13(14)16/h1-4,7-8H,5-6,9,17H2. The van der Waals surface area contributed by atoms with Crippen LogP contribution in [0.15, 0.2) is 41.0 Å². The summed E-state index contributed by atoms with van der Waals surface area (Å²) in [6, 6.07) is 8.59. The van der Waals surface area contributed by atoms with Gasteiger partial charge in [0.15, 0.2) is 11.6 Å². The fourth-order valence-electron chi connectivity index (χ4n) is 1.63. The quantitative estimate of drug-likeness (QED) is 0.919. The molecule has 0 saturated carbocycles. The van der Waals surface area contributed by atoms with E-state index in [1.807, 2.05) is 18.2 Å². The predicted octanol–water partition coefficient (Wildman–Crippen LogP) is 3.06. The summed E-state index contributed by atoms with van der Waals surface area (Å²) in [7, 11) is 0. The van der Waals surface area contributed by atoms with E-state index >= 15 is 0 Å². The second kappa shape index (κ2) is 6.63. The summed E-state index contributed by atoms with van der Waals surface area (Å²) in [5.41, 5.74) is 7.04. The van der Waals surface area contributed by atoms with E-state index in [0.29, 0.717) is 13.0 Å². The van der Waals surface area contributed by atoms with E-state index in [1.54, 1.807) is 12.3 Å². The Labute approximate surface area is 119 Å². The number of benzene rings is 1. The van der Waals surface area contributed by atoms with Gasteiger partial charge in [0.1, 0.15) is 6.61 Å². The molecule has 19 heavy (non-hydrogen) atoms. The first-order valence-corrected chi connectivity index (χ1v) is 6.70. The highest BCUT2D eigenvalue weighted by Gasteiger charge is 2.05.